The molecule has 1 aliphatic heterocycles. The van der Waals surface area contributed by atoms with Crippen molar-refractivity contribution < 1.29 is 21.6 Å². The van der Waals surface area contributed by atoms with E-state index in [1.54, 1.807) is 20.8 Å². The van der Waals surface area contributed by atoms with Crippen LogP contribution < -0.4 is 0 Å². The molecule has 0 saturated carbocycles. The van der Waals surface area contributed by atoms with Gasteiger partial charge >= 0.3 is 0 Å². The number of hydrogen-bond acceptors (Lipinski definition) is 5. The molecule has 0 aromatic rings. The summed E-state index contributed by atoms with van der Waals surface area (Å²) in [6.07, 6.45) is 1.49. The van der Waals surface area contributed by atoms with E-state index in [0.29, 0.717) is 13.0 Å². The molecule has 1 atom stereocenters. The summed E-state index contributed by atoms with van der Waals surface area (Å²) in [5.74, 6) is -0.298. The number of hydrogen-bond donors (Lipinski definition) is 0. The van der Waals surface area contributed by atoms with Gasteiger partial charge in [-0.3, -0.25) is 4.79 Å². The Hall–Kier alpha value is -0.670. The predicted molar refractivity (Wildman–Crippen MR) is 81.1 cm³/mol. The van der Waals surface area contributed by atoms with E-state index in [2.05, 4.69) is 0 Å². The standard InChI is InChI=1S/C12H24N2O5S2/c1-5-13(11-6-7-21(18,19)9-11)12(15)8-14(10(2)3)20(4,16)17/h10-11H,5-9H2,1-4H3. The van der Waals surface area contributed by atoms with E-state index in [0.717, 1.165) is 10.6 Å². The van der Waals surface area contributed by atoms with E-state index >= 15 is 0 Å². The average Bonchev–Trinajstić information content (AvgIpc) is 2.65. The maximum absolute atomic E-state index is 12.4. The minimum Gasteiger partial charge on any atom is -0.338 e. The van der Waals surface area contributed by atoms with Crippen LogP contribution in [0.4, 0.5) is 0 Å². The molecule has 1 aliphatic rings. The molecule has 0 spiro atoms. The highest BCUT2D eigenvalue weighted by Gasteiger charge is 2.35. The second kappa shape index (κ2) is 6.62. The first-order chi connectivity index (χ1) is 9.48. The van der Waals surface area contributed by atoms with Crippen LogP contribution in [0, 0.1) is 0 Å². The molecule has 9 heteroatoms. The second-order valence-corrected chi connectivity index (χ2v) is 9.80. The van der Waals surface area contributed by atoms with Crippen LogP contribution >= 0.6 is 0 Å². The molecule has 0 aromatic heterocycles. The molecule has 0 N–H and O–H groups in total. The van der Waals surface area contributed by atoms with Crippen molar-refractivity contribution in [2.24, 2.45) is 0 Å². The predicted octanol–water partition coefficient (Wildman–Crippen LogP) is -0.308. The maximum Gasteiger partial charge on any atom is 0.238 e. The van der Waals surface area contributed by atoms with E-state index in [9.17, 15) is 21.6 Å². The van der Waals surface area contributed by atoms with Crippen molar-refractivity contribution in [1.82, 2.24) is 9.21 Å². The van der Waals surface area contributed by atoms with Crippen LogP contribution in [0.2, 0.25) is 0 Å². The van der Waals surface area contributed by atoms with Crippen molar-refractivity contribution in [3.05, 3.63) is 0 Å². The van der Waals surface area contributed by atoms with Gasteiger partial charge in [0.2, 0.25) is 15.9 Å². The summed E-state index contributed by atoms with van der Waals surface area (Å²) >= 11 is 0. The zero-order chi connectivity index (χ0) is 16.4. The molecular weight excluding hydrogens is 316 g/mol. The van der Waals surface area contributed by atoms with E-state index in [4.69, 9.17) is 0 Å². The summed E-state index contributed by atoms with van der Waals surface area (Å²) < 4.78 is 47.6. The Bertz CT molecular complexity index is 583. The third kappa shape index (κ3) is 4.93. The molecule has 1 unspecified atom stereocenters. The fourth-order valence-electron chi connectivity index (χ4n) is 2.57. The number of sulfone groups is 1. The Morgan fingerprint density at radius 3 is 2.24 bits per heavy atom. The summed E-state index contributed by atoms with van der Waals surface area (Å²) in [5.41, 5.74) is 0. The fraction of sp³-hybridized carbons (Fsp3) is 0.917. The number of carbonyl (C=O) groups excluding carboxylic acids is 1. The van der Waals surface area contributed by atoms with Gasteiger partial charge in [-0.25, -0.2) is 16.8 Å². The lowest BCUT2D eigenvalue weighted by Gasteiger charge is -2.30. The monoisotopic (exact) mass is 340 g/mol. The number of carbonyl (C=O) groups is 1. The van der Waals surface area contributed by atoms with Gasteiger partial charge in [-0.05, 0) is 27.2 Å². The lowest BCUT2D eigenvalue weighted by molar-refractivity contribution is -0.133. The zero-order valence-corrected chi connectivity index (χ0v) is 14.6. The summed E-state index contributed by atoms with van der Waals surface area (Å²) in [6.45, 7) is 5.29. The lowest BCUT2D eigenvalue weighted by Crippen LogP contribution is -2.49. The first-order valence-corrected chi connectivity index (χ1v) is 10.6. The summed E-state index contributed by atoms with van der Waals surface area (Å²) in [7, 11) is -6.56. The smallest absolute Gasteiger partial charge is 0.238 e. The van der Waals surface area contributed by atoms with Crippen molar-refractivity contribution in [3.8, 4) is 0 Å². The summed E-state index contributed by atoms with van der Waals surface area (Å²) in [5, 5.41) is 0. The van der Waals surface area contributed by atoms with Crippen LogP contribution in [0.5, 0.6) is 0 Å². The van der Waals surface area contributed by atoms with Gasteiger partial charge in [0.05, 0.1) is 24.3 Å². The summed E-state index contributed by atoms with van der Waals surface area (Å²) in [6, 6.07) is -0.670. The Labute approximate surface area is 127 Å². The topological polar surface area (TPSA) is 91.8 Å². The minimum absolute atomic E-state index is 0.0346. The third-order valence-electron chi connectivity index (χ3n) is 3.60. The summed E-state index contributed by atoms with van der Waals surface area (Å²) in [4.78, 5) is 13.8. The molecule has 0 aliphatic carbocycles. The quantitative estimate of drug-likeness (QED) is 0.661. The highest BCUT2D eigenvalue weighted by Crippen LogP contribution is 2.18. The number of likely N-dealkylation sites (N-methyl/N-ethyl adjacent to an activating group) is 1. The van der Waals surface area contributed by atoms with Gasteiger partial charge in [0, 0.05) is 18.6 Å². The van der Waals surface area contributed by atoms with Crippen molar-refractivity contribution in [2.45, 2.75) is 39.3 Å². The van der Waals surface area contributed by atoms with Crippen LogP contribution in [0.15, 0.2) is 0 Å². The normalized spacial score (nSPS) is 21.9. The van der Waals surface area contributed by atoms with Crippen molar-refractivity contribution in [1.29, 1.82) is 0 Å². The Morgan fingerprint density at radius 1 is 1.33 bits per heavy atom. The van der Waals surface area contributed by atoms with Gasteiger partial charge in [-0.15, -0.1) is 0 Å². The van der Waals surface area contributed by atoms with Gasteiger partial charge in [0.1, 0.15) is 0 Å². The molecule has 1 amide bonds. The van der Waals surface area contributed by atoms with Gasteiger partial charge in [0.15, 0.2) is 9.84 Å². The first kappa shape index (κ1) is 18.4. The SMILES string of the molecule is CCN(C(=O)CN(C(C)C)S(C)(=O)=O)C1CCS(=O)(=O)C1. The van der Waals surface area contributed by atoms with Gasteiger partial charge in [-0.2, -0.15) is 4.31 Å². The average molecular weight is 340 g/mol. The largest absolute Gasteiger partial charge is 0.338 e. The molecule has 1 rings (SSSR count). The molecule has 1 fully saturated rings. The molecule has 1 heterocycles. The highest BCUT2D eigenvalue weighted by atomic mass is 32.2. The molecule has 124 valence electrons. The molecule has 0 bridgehead atoms. The molecule has 7 nitrogen and oxygen atoms in total. The zero-order valence-electron chi connectivity index (χ0n) is 12.9. The van der Waals surface area contributed by atoms with E-state index in [-0.39, 0.29) is 36.0 Å². The lowest BCUT2D eigenvalue weighted by atomic mass is 10.2. The third-order valence-corrected chi connectivity index (χ3v) is 6.76. The number of rotatable bonds is 6. The van der Waals surface area contributed by atoms with E-state index < -0.39 is 19.9 Å². The molecule has 1 saturated heterocycles. The van der Waals surface area contributed by atoms with Crippen LogP contribution in [0.3, 0.4) is 0 Å². The molecule has 0 radical (unpaired) electrons. The second-order valence-electron chi connectivity index (χ2n) is 5.64. The number of nitrogens with zero attached hydrogens (tertiary/aromatic N) is 2. The number of sulfonamides is 1. The van der Waals surface area contributed by atoms with Gasteiger partial charge in [-0.1, -0.05) is 0 Å². The van der Waals surface area contributed by atoms with Gasteiger partial charge in [0.25, 0.3) is 0 Å². The minimum atomic E-state index is -3.48. The molecule has 0 aromatic carbocycles. The molecular formula is C12H24N2O5S2. The Balaban J connectivity index is 2.85. The Kier molecular flexibility index (Phi) is 5.79. The highest BCUT2D eigenvalue weighted by molar-refractivity contribution is 7.91. The van der Waals surface area contributed by atoms with Crippen LogP contribution in [0.25, 0.3) is 0 Å². The van der Waals surface area contributed by atoms with E-state index in [1.807, 2.05) is 0 Å². The van der Waals surface area contributed by atoms with Crippen molar-refractivity contribution in [2.75, 3.05) is 30.9 Å². The first-order valence-electron chi connectivity index (χ1n) is 6.94. The Morgan fingerprint density at radius 2 is 1.90 bits per heavy atom. The van der Waals surface area contributed by atoms with Gasteiger partial charge < -0.3 is 4.90 Å². The van der Waals surface area contributed by atoms with Crippen LogP contribution in [-0.2, 0) is 24.7 Å². The van der Waals surface area contributed by atoms with E-state index in [1.165, 1.54) is 4.90 Å². The number of amides is 1. The van der Waals surface area contributed by atoms with Crippen molar-refractivity contribution in [3.63, 3.8) is 0 Å². The molecule has 21 heavy (non-hydrogen) atoms. The van der Waals surface area contributed by atoms with Crippen LogP contribution in [0.1, 0.15) is 27.2 Å². The van der Waals surface area contributed by atoms with Crippen LogP contribution in [-0.4, -0.2) is 74.9 Å². The fourth-order valence-corrected chi connectivity index (χ4v) is 5.41. The maximum atomic E-state index is 12.4. The van der Waals surface area contributed by atoms with Crippen molar-refractivity contribution >= 4 is 25.8 Å².